The Morgan fingerprint density at radius 2 is 2.06 bits per heavy atom. The predicted octanol–water partition coefficient (Wildman–Crippen LogP) is 2.40. The lowest BCUT2D eigenvalue weighted by Gasteiger charge is -2.42. The Balaban J connectivity index is 1.86. The molecule has 18 heavy (non-hydrogen) atoms. The van der Waals surface area contributed by atoms with Crippen LogP contribution < -0.4 is 5.73 Å². The van der Waals surface area contributed by atoms with Gasteiger partial charge in [-0.25, -0.2) is 0 Å². The van der Waals surface area contributed by atoms with E-state index in [1.807, 2.05) is 4.90 Å². The number of hydrogen-bond donors (Lipinski definition) is 1. The SMILES string of the molecule is CC1CCC(CC(=O)N2CCC(N)C(C)(C)C2)C1. The number of carbonyl (C=O) groups is 1. The van der Waals surface area contributed by atoms with E-state index in [-0.39, 0.29) is 11.5 Å². The van der Waals surface area contributed by atoms with Gasteiger partial charge in [0, 0.05) is 25.6 Å². The maximum absolute atomic E-state index is 12.3. The van der Waals surface area contributed by atoms with Gasteiger partial charge in [-0.3, -0.25) is 4.79 Å². The average Bonchev–Trinajstić information content (AvgIpc) is 2.68. The van der Waals surface area contributed by atoms with E-state index in [1.165, 1.54) is 19.3 Å². The molecule has 3 heteroatoms. The van der Waals surface area contributed by atoms with Crippen LogP contribution in [0.3, 0.4) is 0 Å². The molecule has 1 saturated carbocycles. The second-order valence-electron chi connectivity index (χ2n) is 7.19. The van der Waals surface area contributed by atoms with Crippen LogP contribution in [0.15, 0.2) is 0 Å². The molecule has 104 valence electrons. The molecule has 1 aliphatic carbocycles. The molecule has 2 rings (SSSR count). The summed E-state index contributed by atoms with van der Waals surface area (Å²) in [6.45, 7) is 8.33. The summed E-state index contributed by atoms with van der Waals surface area (Å²) in [6.07, 6.45) is 5.48. The van der Waals surface area contributed by atoms with E-state index < -0.39 is 0 Å². The quantitative estimate of drug-likeness (QED) is 0.820. The lowest BCUT2D eigenvalue weighted by molar-refractivity contribution is -0.135. The minimum absolute atomic E-state index is 0.0663. The molecular formula is C15H28N2O. The van der Waals surface area contributed by atoms with Crippen LogP contribution in [0.5, 0.6) is 0 Å². The average molecular weight is 252 g/mol. The second kappa shape index (κ2) is 5.20. The van der Waals surface area contributed by atoms with Crippen molar-refractivity contribution < 1.29 is 4.79 Å². The summed E-state index contributed by atoms with van der Waals surface area (Å²) in [5, 5.41) is 0. The molecule has 1 saturated heterocycles. The number of hydrogen-bond acceptors (Lipinski definition) is 2. The first-order valence-electron chi connectivity index (χ1n) is 7.42. The number of likely N-dealkylation sites (tertiary alicyclic amines) is 1. The zero-order chi connectivity index (χ0) is 13.3. The van der Waals surface area contributed by atoms with E-state index in [0.29, 0.717) is 11.8 Å². The van der Waals surface area contributed by atoms with Crippen LogP contribution in [0.25, 0.3) is 0 Å². The summed E-state index contributed by atoms with van der Waals surface area (Å²) in [5.74, 6) is 1.80. The fourth-order valence-corrected chi connectivity index (χ4v) is 3.47. The Morgan fingerprint density at radius 1 is 1.33 bits per heavy atom. The maximum Gasteiger partial charge on any atom is 0.222 e. The summed E-state index contributed by atoms with van der Waals surface area (Å²) in [4.78, 5) is 14.4. The van der Waals surface area contributed by atoms with Crippen molar-refractivity contribution in [1.82, 2.24) is 4.90 Å². The molecule has 2 N–H and O–H groups in total. The first-order valence-corrected chi connectivity index (χ1v) is 7.42. The van der Waals surface area contributed by atoms with Gasteiger partial charge < -0.3 is 10.6 Å². The van der Waals surface area contributed by atoms with Crippen molar-refractivity contribution in [2.45, 2.75) is 58.9 Å². The molecule has 3 unspecified atom stereocenters. The molecule has 1 aliphatic heterocycles. The van der Waals surface area contributed by atoms with Crippen LogP contribution in [0.1, 0.15) is 52.9 Å². The molecular weight excluding hydrogens is 224 g/mol. The van der Waals surface area contributed by atoms with Crippen LogP contribution in [-0.4, -0.2) is 29.9 Å². The Kier molecular flexibility index (Phi) is 4.00. The van der Waals surface area contributed by atoms with Crippen molar-refractivity contribution in [3.05, 3.63) is 0 Å². The van der Waals surface area contributed by atoms with Gasteiger partial charge in [0.25, 0.3) is 0 Å². The fraction of sp³-hybridized carbons (Fsp3) is 0.933. The van der Waals surface area contributed by atoms with Crippen molar-refractivity contribution in [3.63, 3.8) is 0 Å². The van der Waals surface area contributed by atoms with Gasteiger partial charge in [-0.15, -0.1) is 0 Å². The zero-order valence-electron chi connectivity index (χ0n) is 12.1. The maximum atomic E-state index is 12.3. The highest BCUT2D eigenvalue weighted by molar-refractivity contribution is 5.76. The molecule has 0 aromatic heterocycles. The van der Waals surface area contributed by atoms with Gasteiger partial charge in [0.05, 0.1) is 0 Å². The summed E-state index contributed by atoms with van der Waals surface area (Å²) in [6, 6.07) is 0.230. The fourth-order valence-electron chi connectivity index (χ4n) is 3.47. The van der Waals surface area contributed by atoms with Crippen LogP contribution in [0.4, 0.5) is 0 Å². The van der Waals surface area contributed by atoms with Crippen molar-refractivity contribution in [1.29, 1.82) is 0 Å². The van der Waals surface area contributed by atoms with Crippen LogP contribution in [0, 0.1) is 17.3 Å². The van der Waals surface area contributed by atoms with E-state index in [2.05, 4.69) is 20.8 Å². The molecule has 0 aromatic rings. The van der Waals surface area contributed by atoms with Gasteiger partial charge in [-0.2, -0.15) is 0 Å². The summed E-state index contributed by atoms with van der Waals surface area (Å²) >= 11 is 0. The van der Waals surface area contributed by atoms with Crippen molar-refractivity contribution in [2.24, 2.45) is 23.0 Å². The Hall–Kier alpha value is -0.570. The zero-order valence-corrected chi connectivity index (χ0v) is 12.1. The Labute approximate surface area is 111 Å². The Morgan fingerprint density at radius 3 is 2.61 bits per heavy atom. The van der Waals surface area contributed by atoms with Crippen molar-refractivity contribution >= 4 is 5.91 Å². The predicted molar refractivity (Wildman–Crippen MR) is 74.1 cm³/mol. The molecule has 3 nitrogen and oxygen atoms in total. The molecule has 0 aromatic carbocycles. The van der Waals surface area contributed by atoms with Crippen LogP contribution in [-0.2, 0) is 4.79 Å². The number of rotatable bonds is 2. The third kappa shape index (κ3) is 3.05. The number of nitrogens with two attached hydrogens (primary N) is 1. The van der Waals surface area contributed by atoms with Gasteiger partial charge >= 0.3 is 0 Å². The highest BCUT2D eigenvalue weighted by Crippen LogP contribution is 2.34. The van der Waals surface area contributed by atoms with E-state index in [0.717, 1.165) is 31.8 Å². The minimum atomic E-state index is 0.0663. The number of piperidine rings is 1. The molecule has 0 spiro atoms. The van der Waals surface area contributed by atoms with E-state index in [4.69, 9.17) is 5.73 Å². The van der Waals surface area contributed by atoms with Gasteiger partial charge in [0.15, 0.2) is 0 Å². The third-order valence-corrected chi connectivity index (χ3v) is 4.93. The number of nitrogens with zero attached hydrogens (tertiary/aromatic N) is 1. The first-order chi connectivity index (χ1) is 8.38. The molecule has 2 fully saturated rings. The van der Waals surface area contributed by atoms with E-state index >= 15 is 0 Å². The molecule has 0 bridgehead atoms. The highest BCUT2D eigenvalue weighted by atomic mass is 16.2. The molecule has 3 atom stereocenters. The minimum Gasteiger partial charge on any atom is -0.342 e. The van der Waals surface area contributed by atoms with Crippen molar-refractivity contribution in [2.75, 3.05) is 13.1 Å². The lowest BCUT2D eigenvalue weighted by atomic mass is 9.79. The molecule has 0 radical (unpaired) electrons. The topological polar surface area (TPSA) is 46.3 Å². The second-order valence-corrected chi connectivity index (χ2v) is 7.19. The number of amides is 1. The standard InChI is InChI=1S/C15H28N2O/c1-11-4-5-12(8-11)9-14(18)17-7-6-13(16)15(2,3)10-17/h11-13H,4-10,16H2,1-3H3. The van der Waals surface area contributed by atoms with Crippen LogP contribution >= 0.6 is 0 Å². The molecule has 1 heterocycles. The van der Waals surface area contributed by atoms with Gasteiger partial charge in [0.2, 0.25) is 5.91 Å². The lowest BCUT2D eigenvalue weighted by Crippen LogP contribution is -2.54. The molecule has 1 amide bonds. The van der Waals surface area contributed by atoms with E-state index in [1.54, 1.807) is 0 Å². The third-order valence-electron chi connectivity index (χ3n) is 4.93. The summed E-state index contributed by atoms with van der Waals surface area (Å²) in [7, 11) is 0. The van der Waals surface area contributed by atoms with Gasteiger partial charge in [-0.1, -0.05) is 27.2 Å². The highest BCUT2D eigenvalue weighted by Gasteiger charge is 2.36. The Bertz CT molecular complexity index is 314. The van der Waals surface area contributed by atoms with Gasteiger partial charge in [0.1, 0.15) is 0 Å². The van der Waals surface area contributed by atoms with E-state index in [9.17, 15) is 4.79 Å². The monoisotopic (exact) mass is 252 g/mol. The normalized spacial score (nSPS) is 35.8. The van der Waals surface area contributed by atoms with Crippen LogP contribution in [0.2, 0.25) is 0 Å². The largest absolute Gasteiger partial charge is 0.342 e. The first kappa shape index (κ1) is 13.9. The van der Waals surface area contributed by atoms with Crippen molar-refractivity contribution in [3.8, 4) is 0 Å². The van der Waals surface area contributed by atoms with Gasteiger partial charge in [-0.05, 0) is 36.5 Å². The smallest absolute Gasteiger partial charge is 0.222 e. The summed E-state index contributed by atoms with van der Waals surface area (Å²) in [5.41, 5.74) is 6.19. The number of carbonyl (C=O) groups excluding carboxylic acids is 1. The molecule has 2 aliphatic rings. The summed E-state index contributed by atoms with van der Waals surface area (Å²) < 4.78 is 0.